The van der Waals surface area contributed by atoms with Gasteiger partial charge in [-0.05, 0) is 41.6 Å². The van der Waals surface area contributed by atoms with Crippen molar-refractivity contribution in [2.75, 3.05) is 14.2 Å². The molecular weight excluding hydrogens is 336 g/mol. The third-order valence-electron chi connectivity index (χ3n) is 3.82. The molecule has 1 fully saturated rings. The molecule has 25 heavy (non-hydrogen) atoms. The van der Waals surface area contributed by atoms with Crippen molar-refractivity contribution < 1.29 is 14.3 Å². The predicted molar refractivity (Wildman–Crippen MR) is 100 cm³/mol. The molecule has 0 radical (unpaired) electrons. The molecule has 1 heterocycles. The minimum Gasteiger partial charge on any atom is -0.493 e. The number of benzene rings is 2. The fourth-order valence-corrected chi connectivity index (χ4v) is 2.61. The lowest BCUT2D eigenvalue weighted by Crippen LogP contribution is -2.25. The Morgan fingerprint density at radius 3 is 2.56 bits per heavy atom. The van der Waals surface area contributed by atoms with Gasteiger partial charge in [-0.25, -0.2) is 0 Å². The van der Waals surface area contributed by atoms with Crippen molar-refractivity contribution in [2.24, 2.45) is 0 Å². The monoisotopic (exact) mass is 354 g/mol. The maximum atomic E-state index is 12.1. The lowest BCUT2D eigenvalue weighted by atomic mass is 10.1. The summed E-state index contributed by atoms with van der Waals surface area (Å²) in [5.41, 5.74) is 2.33. The highest BCUT2D eigenvalue weighted by molar-refractivity contribution is 7.80. The van der Waals surface area contributed by atoms with Gasteiger partial charge in [0.2, 0.25) is 0 Å². The maximum Gasteiger partial charge on any atom is 0.276 e. The highest BCUT2D eigenvalue weighted by Gasteiger charge is 2.26. The Balaban J connectivity index is 1.78. The van der Waals surface area contributed by atoms with E-state index in [1.54, 1.807) is 20.2 Å². The zero-order valence-electron chi connectivity index (χ0n) is 14.0. The predicted octanol–water partition coefficient (Wildman–Crippen LogP) is 2.96. The quantitative estimate of drug-likeness (QED) is 0.661. The molecule has 0 unspecified atom stereocenters. The van der Waals surface area contributed by atoms with Crippen LogP contribution < -0.4 is 14.8 Å². The second kappa shape index (κ2) is 7.36. The van der Waals surface area contributed by atoms with Crippen molar-refractivity contribution in [1.29, 1.82) is 0 Å². The molecule has 5 nitrogen and oxygen atoms in total. The van der Waals surface area contributed by atoms with Crippen LogP contribution in [-0.2, 0) is 11.4 Å². The van der Waals surface area contributed by atoms with Crippen molar-refractivity contribution in [3.63, 3.8) is 0 Å². The molecule has 0 atom stereocenters. The standard InChI is InChI=1S/C19H18N2O3S/c1-21-18(22)15(20-19(21)25)10-14-8-9-16(17(11-14)23-2)24-12-13-6-4-3-5-7-13/h3-11H,12H2,1-2H3,(H,20,25)/b15-10+. The highest BCUT2D eigenvalue weighted by Crippen LogP contribution is 2.30. The van der Waals surface area contributed by atoms with Crippen molar-refractivity contribution in [3.05, 3.63) is 65.4 Å². The van der Waals surface area contributed by atoms with E-state index in [1.807, 2.05) is 48.5 Å². The van der Waals surface area contributed by atoms with Gasteiger partial charge in [0, 0.05) is 7.05 Å². The molecule has 1 aliphatic heterocycles. The van der Waals surface area contributed by atoms with Gasteiger partial charge >= 0.3 is 0 Å². The van der Waals surface area contributed by atoms with Gasteiger partial charge in [-0.15, -0.1) is 0 Å². The maximum absolute atomic E-state index is 12.1. The summed E-state index contributed by atoms with van der Waals surface area (Å²) in [5, 5.41) is 3.29. The number of carbonyl (C=O) groups excluding carboxylic acids is 1. The molecule has 1 aliphatic rings. The number of carbonyl (C=O) groups is 1. The van der Waals surface area contributed by atoms with E-state index in [0.29, 0.717) is 28.9 Å². The minimum atomic E-state index is -0.159. The molecule has 3 rings (SSSR count). The van der Waals surface area contributed by atoms with E-state index in [-0.39, 0.29) is 5.91 Å². The molecule has 0 aliphatic carbocycles. The SMILES string of the molecule is COc1cc(/C=C2/NC(=S)N(C)C2=O)ccc1OCc1ccccc1. The molecule has 1 amide bonds. The van der Waals surface area contributed by atoms with E-state index >= 15 is 0 Å². The van der Waals surface area contributed by atoms with Crippen LogP contribution in [0.15, 0.2) is 54.2 Å². The van der Waals surface area contributed by atoms with Gasteiger partial charge in [-0.2, -0.15) is 0 Å². The number of nitrogens with one attached hydrogen (secondary N) is 1. The largest absolute Gasteiger partial charge is 0.493 e. The summed E-state index contributed by atoms with van der Waals surface area (Å²) in [4.78, 5) is 13.5. The minimum absolute atomic E-state index is 0.159. The van der Waals surface area contributed by atoms with Crippen molar-refractivity contribution in [1.82, 2.24) is 10.2 Å². The van der Waals surface area contributed by atoms with Crippen LogP contribution in [0.2, 0.25) is 0 Å². The van der Waals surface area contributed by atoms with Crippen molar-refractivity contribution in [2.45, 2.75) is 6.61 Å². The second-order valence-electron chi connectivity index (χ2n) is 5.54. The van der Waals surface area contributed by atoms with Crippen LogP contribution in [0.3, 0.4) is 0 Å². The summed E-state index contributed by atoms with van der Waals surface area (Å²) in [6, 6.07) is 15.4. The first-order valence-corrected chi connectivity index (χ1v) is 8.15. The van der Waals surface area contributed by atoms with Crippen molar-refractivity contribution in [3.8, 4) is 11.5 Å². The fraction of sp³-hybridized carbons (Fsp3) is 0.158. The van der Waals surface area contributed by atoms with Crippen LogP contribution >= 0.6 is 12.2 Å². The molecule has 2 aromatic rings. The summed E-state index contributed by atoms with van der Waals surface area (Å²) < 4.78 is 11.2. The lowest BCUT2D eigenvalue weighted by molar-refractivity contribution is -0.121. The topological polar surface area (TPSA) is 50.8 Å². The number of thiocarbonyl (C=S) groups is 1. The van der Waals surface area contributed by atoms with E-state index in [2.05, 4.69) is 5.32 Å². The zero-order valence-corrected chi connectivity index (χ0v) is 14.8. The second-order valence-corrected chi connectivity index (χ2v) is 5.92. The Hall–Kier alpha value is -2.86. The zero-order chi connectivity index (χ0) is 17.8. The number of nitrogens with zero attached hydrogens (tertiary/aromatic N) is 1. The van der Waals surface area contributed by atoms with Crippen molar-refractivity contribution >= 4 is 29.3 Å². The Morgan fingerprint density at radius 2 is 1.92 bits per heavy atom. The number of likely N-dealkylation sites (N-methyl/N-ethyl adjacent to an activating group) is 1. The van der Waals surface area contributed by atoms with E-state index < -0.39 is 0 Å². The number of amides is 1. The molecule has 6 heteroatoms. The van der Waals surface area contributed by atoms with Gasteiger partial charge in [0.1, 0.15) is 12.3 Å². The summed E-state index contributed by atoms with van der Waals surface area (Å²) in [6.45, 7) is 0.455. The van der Waals surface area contributed by atoms with E-state index in [1.165, 1.54) is 4.90 Å². The number of rotatable bonds is 5. The summed E-state index contributed by atoms with van der Waals surface area (Å²) in [5.74, 6) is 1.09. The van der Waals surface area contributed by atoms with Gasteiger partial charge in [-0.3, -0.25) is 9.69 Å². The van der Waals surface area contributed by atoms with Gasteiger partial charge in [0.15, 0.2) is 16.6 Å². The summed E-state index contributed by atoms with van der Waals surface area (Å²) in [6.07, 6.45) is 1.74. The smallest absolute Gasteiger partial charge is 0.276 e. The molecule has 0 saturated carbocycles. The average Bonchev–Trinajstić information content (AvgIpc) is 2.88. The summed E-state index contributed by atoms with van der Waals surface area (Å²) in [7, 11) is 3.23. The van der Waals surface area contributed by atoms with Crippen LogP contribution in [0, 0.1) is 0 Å². The fourth-order valence-electron chi connectivity index (χ4n) is 2.42. The first-order chi connectivity index (χ1) is 12.1. The first-order valence-electron chi connectivity index (χ1n) is 7.74. The first kappa shape index (κ1) is 17.0. The third-order valence-corrected chi connectivity index (χ3v) is 4.19. The van der Waals surface area contributed by atoms with Gasteiger partial charge in [0.25, 0.3) is 5.91 Å². The highest BCUT2D eigenvalue weighted by atomic mass is 32.1. The Bertz CT molecular complexity index is 834. The van der Waals surface area contributed by atoms with Gasteiger partial charge in [0.05, 0.1) is 7.11 Å². The molecule has 128 valence electrons. The Labute approximate surface area is 151 Å². The van der Waals surface area contributed by atoms with E-state index in [9.17, 15) is 4.79 Å². The van der Waals surface area contributed by atoms with Gasteiger partial charge < -0.3 is 14.8 Å². The number of hydrogen-bond acceptors (Lipinski definition) is 4. The number of hydrogen-bond donors (Lipinski definition) is 1. The van der Waals surface area contributed by atoms with Crippen LogP contribution in [0.4, 0.5) is 0 Å². The van der Waals surface area contributed by atoms with Crippen LogP contribution in [0.5, 0.6) is 11.5 Å². The van der Waals surface area contributed by atoms with Crippen LogP contribution in [-0.4, -0.2) is 30.1 Å². The molecule has 0 aromatic heterocycles. The molecule has 0 bridgehead atoms. The Kier molecular flexibility index (Phi) is 5.00. The van der Waals surface area contributed by atoms with Crippen LogP contribution in [0.1, 0.15) is 11.1 Å². The normalized spacial score (nSPS) is 15.4. The number of ether oxygens (including phenoxy) is 2. The molecule has 2 aromatic carbocycles. The molecule has 0 spiro atoms. The van der Waals surface area contributed by atoms with Gasteiger partial charge in [-0.1, -0.05) is 36.4 Å². The molecular formula is C19H18N2O3S. The average molecular weight is 354 g/mol. The molecule has 1 N–H and O–H groups in total. The summed E-state index contributed by atoms with van der Waals surface area (Å²) >= 11 is 5.07. The third kappa shape index (κ3) is 3.80. The molecule has 1 saturated heterocycles. The Morgan fingerprint density at radius 1 is 1.16 bits per heavy atom. The van der Waals surface area contributed by atoms with Crippen LogP contribution in [0.25, 0.3) is 6.08 Å². The van der Waals surface area contributed by atoms with E-state index in [4.69, 9.17) is 21.7 Å². The lowest BCUT2D eigenvalue weighted by Gasteiger charge is -2.11. The van der Waals surface area contributed by atoms with E-state index in [0.717, 1.165) is 11.1 Å². The number of methoxy groups -OCH3 is 1.